The summed E-state index contributed by atoms with van der Waals surface area (Å²) in [5.74, 6) is 0. The molecule has 1 aromatic rings. The lowest BCUT2D eigenvalue weighted by atomic mass is 9.84. The Hall–Kier alpha value is -1.26. The van der Waals surface area contributed by atoms with Gasteiger partial charge in [-0.2, -0.15) is 0 Å². The van der Waals surface area contributed by atoms with E-state index in [-0.39, 0.29) is 6.09 Å². The number of carbonyl (C=O) groups is 1. The predicted octanol–water partition coefficient (Wildman–Crippen LogP) is 4.21. The van der Waals surface area contributed by atoms with Crippen molar-refractivity contribution < 1.29 is 14.3 Å². The molecule has 1 heterocycles. The highest BCUT2D eigenvalue weighted by Crippen LogP contribution is 2.39. The minimum Gasteiger partial charge on any atom is -0.444 e. The maximum atomic E-state index is 12.2. The van der Waals surface area contributed by atoms with E-state index in [1.807, 2.05) is 45.0 Å². The third kappa shape index (κ3) is 3.73. The maximum Gasteiger partial charge on any atom is 0.410 e. The number of likely N-dealkylation sites (tertiary alicyclic amines) is 1. The average Bonchev–Trinajstić information content (AvgIpc) is 2.46. The normalized spacial score (nSPS) is 18.1. The SMILES string of the molecule is COC1(c2ccccc2Cl)CCN(C(=O)OC(C)(C)C)CC1. The molecule has 0 atom stereocenters. The first-order valence-electron chi connectivity index (χ1n) is 7.55. The Morgan fingerprint density at radius 3 is 2.32 bits per heavy atom. The first-order chi connectivity index (χ1) is 10.3. The van der Waals surface area contributed by atoms with E-state index in [9.17, 15) is 4.79 Å². The number of piperidine rings is 1. The second-order valence-corrected chi connectivity index (χ2v) is 7.05. The average molecular weight is 326 g/mol. The largest absolute Gasteiger partial charge is 0.444 e. The number of benzene rings is 1. The third-order valence-electron chi connectivity index (χ3n) is 3.98. The monoisotopic (exact) mass is 325 g/mol. The number of halogens is 1. The molecular weight excluding hydrogens is 302 g/mol. The fourth-order valence-electron chi connectivity index (χ4n) is 2.79. The van der Waals surface area contributed by atoms with Gasteiger partial charge in [-0.1, -0.05) is 29.8 Å². The van der Waals surface area contributed by atoms with Crippen LogP contribution in [-0.2, 0) is 15.1 Å². The summed E-state index contributed by atoms with van der Waals surface area (Å²) in [4.78, 5) is 13.9. The Morgan fingerprint density at radius 1 is 1.23 bits per heavy atom. The summed E-state index contributed by atoms with van der Waals surface area (Å²) in [5.41, 5.74) is 0.0786. The number of carbonyl (C=O) groups excluding carboxylic acids is 1. The van der Waals surface area contributed by atoms with Crippen LogP contribution in [0.1, 0.15) is 39.2 Å². The molecule has 1 aliphatic rings. The summed E-state index contributed by atoms with van der Waals surface area (Å²) in [5, 5.41) is 0.704. The van der Waals surface area contributed by atoms with E-state index in [1.165, 1.54) is 0 Å². The van der Waals surface area contributed by atoms with Gasteiger partial charge in [0.2, 0.25) is 0 Å². The van der Waals surface area contributed by atoms with Gasteiger partial charge < -0.3 is 14.4 Å². The molecule has 4 nitrogen and oxygen atoms in total. The van der Waals surface area contributed by atoms with Crippen LogP contribution in [0.4, 0.5) is 4.79 Å². The van der Waals surface area contributed by atoms with Crippen LogP contribution in [0, 0.1) is 0 Å². The Kier molecular flexibility index (Phi) is 5.03. The highest BCUT2D eigenvalue weighted by Gasteiger charge is 2.39. The van der Waals surface area contributed by atoms with Gasteiger partial charge in [0, 0.05) is 30.8 Å². The Balaban J connectivity index is 2.09. The van der Waals surface area contributed by atoms with Crippen molar-refractivity contribution in [2.45, 2.75) is 44.8 Å². The van der Waals surface area contributed by atoms with Gasteiger partial charge in [-0.05, 0) is 39.7 Å². The fourth-order valence-corrected chi connectivity index (χ4v) is 3.10. The van der Waals surface area contributed by atoms with Gasteiger partial charge in [0.05, 0.1) is 5.60 Å². The quantitative estimate of drug-likeness (QED) is 0.817. The van der Waals surface area contributed by atoms with Crippen molar-refractivity contribution in [3.8, 4) is 0 Å². The number of amides is 1. The molecule has 0 spiro atoms. The maximum absolute atomic E-state index is 12.2. The standard InChI is InChI=1S/C17H24ClNO3/c1-16(2,3)22-15(20)19-11-9-17(21-4,10-12-19)13-7-5-6-8-14(13)18/h5-8H,9-12H2,1-4H3. The van der Waals surface area contributed by atoms with Crippen LogP contribution in [0.15, 0.2) is 24.3 Å². The van der Waals surface area contributed by atoms with Crippen molar-refractivity contribution in [1.82, 2.24) is 4.90 Å². The van der Waals surface area contributed by atoms with Crippen LogP contribution in [0.5, 0.6) is 0 Å². The van der Waals surface area contributed by atoms with Crippen LogP contribution in [0.2, 0.25) is 5.02 Å². The van der Waals surface area contributed by atoms with Gasteiger partial charge in [0.15, 0.2) is 0 Å². The molecule has 0 bridgehead atoms. The van der Waals surface area contributed by atoms with E-state index in [1.54, 1.807) is 12.0 Å². The topological polar surface area (TPSA) is 38.8 Å². The second kappa shape index (κ2) is 6.47. The molecule has 1 amide bonds. The van der Waals surface area contributed by atoms with Gasteiger partial charge in [0.1, 0.15) is 5.60 Å². The van der Waals surface area contributed by atoms with Gasteiger partial charge >= 0.3 is 6.09 Å². The van der Waals surface area contributed by atoms with Crippen molar-refractivity contribution in [2.75, 3.05) is 20.2 Å². The van der Waals surface area contributed by atoms with Gasteiger partial charge in [-0.3, -0.25) is 0 Å². The third-order valence-corrected chi connectivity index (χ3v) is 4.31. The lowest BCUT2D eigenvalue weighted by molar-refractivity contribution is -0.0650. The van der Waals surface area contributed by atoms with Crippen LogP contribution in [0.25, 0.3) is 0 Å². The van der Waals surface area contributed by atoms with Crippen molar-refractivity contribution in [3.63, 3.8) is 0 Å². The smallest absolute Gasteiger partial charge is 0.410 e. The van der Waals surface area contributed by atoms with Gasteiger partial charge in [-0.25, -0.2) is 4.79 Å². The summed E-state index contributed by atoms with van der Waals surface area (Å²) in [6.07, 6.45) is 1.13. The Labute approximate surface area is 137 Å². The zero-order chi connectivity index (χ0) is 16.4. The summed E-state index contributed by atoms with van der Waals surface area (Å²) >= 11 is 6.33. The van der Waals surface area contributed by atoms with E-state index in [0.29, 0.717) is 31.0 Å². The molecule has 0 saturated carbocycles. The van der Waals surface area contributed by atoms with Crippen molar-refractivity contribution in [1.29, 1.82) is 0 Å². The number of methoxy groups -OCH3 is 1. The molecule has 0 aromatic heterocycles. The molecular formula is C17H24ClNO3. The molecule has 1 aromatic carbocycles. The highest BCUT2D eigenvalue weighted by atomic mass is 35.5. The van der Waals surface area contributed by atoms with Crippen molar-refractivity contribution in [2.24, 2.45) is 0 Å². The molecule has 1 fully saturated rings. The van der Waals surface area contributed by atoms with Crippen LogP contribution in [0.3, 0.4) is 0 Å². The lowest BCUT2D eigenvalue weighted by Gasteiger charge is -2.41. The minimum absolute atomic E-state index is 0.267. The number of rotatable bonds is 2. The zero-order valence-electron chi connectivity index (χ0n) is 13.7. The molecule has 0 unspecified atom stereocenters. The van der Waals surface area contributed by atoms with Crippen LogP contribution < -0.4 is 0 Å². The molecule has 5 heteroatoms. The zero-order valence-corrected chi connectivity index (χ0v) is 14.4. The van der Waals surface area contributed by atoms with Crippen molar-refractivity contribution in [3.05, 3.63) is 34.9 Å². The number of ether oxygens (including phenoxy) is 2. The van der Waals surface area contributed by atoms with E-state index in [2.05, 4.69) is 0 Å². The molecule has 1 saturated heterocycles. The Bertz CT molecular complexity index is 531. The lowest BCUT2D eigenvalue weighted by Crippen LogP contribution is -2.47. The van der Waals surface area contributed by atoms with Gasteiger partial charge in [0.25, 0.3) is 0 Å². The molecule has 2 rings (SSSR count). The van der Waals surface area contributed by atoms with Gasteiger partial charge in [-0.15, -0.1) is 0 Å². The first-order valence-corrected chi connectivity index (χ1v) is 7.93. The summed E-state index contributed by atoms with van der Waals surface area (Å²) in [6.45, 7) is 6.80. The minimum atomic E-state index is -0.477. The molecule has 0 aliphatic carbocycles. The fraction of sp³-hybridized carbons (Fsp3) is 0.588. The predicted molar refractivity (Wildman–Crippen MR) is 87.2 cm³/mol. The highest BCUT2D eigenvalue weighted by molar-refractivity contribution is 6.31. The van der Waals surface area contributed by atoms with E-state index < -0.39 is 11.2 Å². The molecule has 1 aliphatic heterocycles. The number of nitrogens with zero attached hydrogens (tertiary/aromatic N) is 1. The first kappa shape index (κ1) is 17.1. The number of hydrogen-bond acceptors (Lipinski definition) is 3. The van der Waals surface area contributed by atoms with E-state index >= 15 is 0 Å². The van der Waals surface area contributed by atoms with E-state index in [0.717, 1.165) is 5.56 Å². The summed E-state index contributed by atoms with van der Waals surface area (Å²) in [7, 11) is 1.70. The molecule has 22 heavy (non-hydrogen) atoms. The number of hydrogen-bond donors (Lipinski definition) is 0. The van der Waals surface area contributed by atoms with E-state index in [4.69, 9.17) is 21.1 Å². The summed E-state index contributed by atoms with van der Waals surface area (Å²) in [6, 6.07) is 7.74. The molecule has 0 radical (unpaired) electrons. The van der Waals surface area contributed by atoms with Crippen LogP contribution in [-0.4, -0.2) is 36.8 Å². The van der Waals surface area contributed by atoms with Crippen LogP contribution >= 0.6 is 11.6 Å². The molecule has 0 N–H and O–H groups in total. The Morgan fingerprint density at radius 2 is 1.82 bits per heavy atom. The summed E-state index contributed by atoms with van der Waals surface area (Å²) < 4.78 is 11.2. The van der Waals surface area contributed by atoms with Crippen molar-refractivity contribution >= 4 is 17.7 Å². The second-order valence-electron chi connectivity index (χ2n) is 6.65. The molecule has 122 valence electrons.